The van der Waals surface area contributed by atoms with E-state index >= 15 is 0 Å². The molecule has 2 aliphatic heterocycles. The minimum atomic E-state index is 0.344. The van der Waals surface area contributed by atoms with E-state index in [0.29, 0.717) is 12.1 Å². The first-order valence-electron chi connectivity index (χ1n) is 7.81. The molecule has 0 N–H and O–H groups in total. The van der Waals surface area contributed by atoms with Crippen LogP contribution in [0.3, 0.4) is 0 Å². The van der Waals surface area contributed by atoms with Gasteiger partial charge in [-0.2, -0.15) is 0 Å². The van der Waals surface area contributed by atoms with Gasteiger partial charge >= 0.3 is 6.03 Å². The van der Waals surface area contributed by atoms with E-state index in [-0.39, 0.29) is 0 Å². The Kier molecular flexibility index (Phi) is 3.49. The van der Waals surface area contributed by atoms with Crippen molar-refractivity contribution in [1.82, 2.24) is 9.80 Å². The highest BCUT2D eigenvalue weighted by Crippen LogP contribution is 2.36. The van der Waals surface area contributed by atoms with E-state index in [1.54, 1.807) is 0 Å². The van der Waals surface area contributed by atoms with Gasteiger partial charge in [-0.3, -0.25) is 0 Å². The van der Waals surface area contributed by atoms with Gasteiger partial charge in [0.1, 0.15) is 0 Å². The first-order chi connectivity index (χ1) is 8.75. The summed E-state index contributed by atoms with van der Waals surface area (Å²) in [7, 11) is 0. The Morgan fingerprint density at radius 2 is 1.67 bits per heavy atom. The van der Waals surface area contributed by atoms with Crippen molar-refractivity contribution in [2.75, 3.05) is 19.6 Å². The highest BCUT2D eigenvalue weighted by molar-refractivity contribution is 5.75. The van der Waals surface area contributed by atoms with E-state index in [1.165, 1.54) is 44.9 Å². The molecule has 0 bridgehead atoms. The minimum Gasteiger partial charge on any atom is -0.325 e. The van der Waals surface area contributed by atoms with Crippen molar-refractivity contribution in [2.24, 2.45) is 11.8 Å². The lowest BCUT2D eigenvalue weighted by atomic mass is 9.85. The number of urea groups is 1. The molecule has 2 amide bonds. The van der Waals surface area contributed by atoms with Gasteiger partial charge in [-0.15, -0.1) is 0 Å². The van der Waals surface area contributed by atoms with Crippen LogP contribution in [0.4, 0.5) is 4.79 Å². The summed E-state index contributed by atoms with van der Waals surface area (Å²) in [6, 6.07) is 0.918. The Hall–Kier alpha value is -0.730. The van der Waals surface area contributed by atoms with Crippen LogP contribution in [0.2, 0.25) is 0 Å². The number of amides is 2. The Labute approximate surface area is 111 Å². The molecule has 0 aromatic rings. The zero-order valence-electron chi connectivity index (χ0n) is 11.6. The fourth-order valence-corrected chi connectivity index (χ4v) is 4.02. The van der Waals surface area contributed by atoms with Crippen LogP contribution < -0.4 is 0 Å². The van der Waals surface area contributed by atoms with Gasteiger partial charge in [0.25, 0.3) is 0 Å². The molecule has 102 valence electrons. The average molecular weight is 250 g/mol. The molecule has 3 fully saturated rings. The van der Waals surface area contributed by atoms with E-state index < -0.39 is 0 Å². The lowest BCUT2D eigenvalue weighted by molar-refractivity contribution is 0.118. The van der Waals surface area contributed by atoms with Crippen molar-refractivity contribution >= 4 is 6.03 Å². The molecule has 3 rings (SSSR count). The van der Waals surface area contributed by atoms with E-state index in [9.17, 15) is 4.79 Å². The lowest BCUT2D eigenvalue weighted by Crippen LogP contribution is -2.49. The first-order valence-corrected chi connectivity index (χ1v) is 7.81. The molecule has 0 spiro atoms. The Bertz CT molecular complexity index is 310. The van der Waals surface area contributed by atoms with Crippen LogP contribution in [0.5, 0.6) is 0 Å². The summed E-state index contributed by atoms with van der Waals surface area (Å²) in [5.41, 5.74) is 0. The van der Waals surface area contributed by atoms with Gasteiger partial charge < -0.3 is 9.80 Å². The average Bonchev–Trinajstić information content (AvgIpc) is 2.82. The number of carbonyl (C=O) groups excluding carboxylic acids is 1. The normalized spacial score (nSPS) is 33.6. The van der Waals surface area contributed by atoms with Crippen LogP contribution in [-0.4, -0.2) is 41.5 Å². The third kappa shape index (κ3) is 2.24. The lowest BCUT2D eigenvalue weighted by Gasteiger charge is -2.37. The molecule has 1 aliphatic carbocycles. The molecule has 1 saturated carbocycles. The Morgan fingerprint density at radius 3 is 2.44 bits per heavy atom. The molecule has 3 heteroatoms. The molecular formula is C15H26N2O. The SMILES string of the molecule is CC1CCN(C(=O)N2CCC3CCCCC32)CC1. The fourth-order valence-electron chi connectivity index (χ4n) is 4.02. The molecule has 0 radical (unpaired) electrons. The van der Waals surface area contributed by atoms with Crippen molar-refractivity contribution < 1.29 is 4.79 Å². The number of rotatable bonds is 0. The van der Waals surface area contributed by atoms with Crippen LogP contribution in [0.1, 0.15) is 51.9 Å². The highest BCUT2D eigenvalue weighted by atomic mass is 16.2. The summed E-state index contributed by atoms with van der Waals surface area (Å²) < 4.78 is 0. The maximum atomic E-state index is 12.6. The molecule has 2 heterocycles. The monoisotopic (exact) mass is 250 g/mol. The van der Waals surface area contributed by atoms with Crippen LogP contribution >= 0.6 is 0 Å². The van der Waals surface area contributed by atoms with Gasteiger partial charge in [0.2, 0.25) is 0 Å². The molecule has 2 atom stereocenters. The second-order valence-electron chi connectivity index (χ2n) is 6.55. The predicted octanol–water partition coefficient (Wildman–Crippen LogP) is 3.10. The summed E-state index contributed by atoms with van der Waals surface area (Å²) in [6.07, 6.45) is 8.93. The molecule has 2 saturated heterocycles. The number of fused-ring (bicyclic) bond motifs is 1. The third-order valence-corrected chi connectivity index (χ3v) is 5.31. The summed E-state index contributed by atoms with van der Waals surface area (Å²) in [5.74, 6) is 1.61. The number of hydrogen-bond donors (Lipinski definition) is 0. The van der Waals surface area contributed by atoms with Crippen LogP contribution in [-0.2, 0) is 0 Å². The summed E-state index contributed by atoms with van der Waals surface area (Å²) in [4.78, 5) is 16.9. The molecule has 2 unspecified atom stereocenters. The maximum Gasteiger partial charge on any atom is 0.320 e. The first kappa shape index (κ1) is 12.3. The second-order valence-corrected chi connectivity index (χ2v) is 6.55. The number of hydrogen-bond acceptors (Lipinski definition) is 1. The van der Waals surface area contributed by atoms with Gasteiger partial charge in [-0.25, -0.2) is 4.79 Å². The predicted molar refractivity (Wildman–Crippen MR) is 72.4 cm³/mol. The topological polar surface area (TPSA) is 23.6 Å². The zero-order valence-corrected chi connectivity index (χ0v) is 11.6. The summed E-state index contributed by atoms with van der Waals surface area (Å²) in [6.45, 7) is 5.27. The molecular weight excluding hydrogens is 224 g/mol. The number of carbonyl (C=O) groups is 1. The largest absolute Gasteiger partial charge is 0.325 e. The molecule has 0 aromatic heterocycles. The summed E-state index contributed by atoms with van der Waals surface area (Å²) in [5, 5.41) is 0. The molecule has 0 aromatic carbocycles. The van der Waals surface area contributed by atoms with Gasteiger partial charge in [-0.1, -0.05) is 19.8 Å². The number of nitrogens with zero attached hydrogens (tertiary/aromatic N) is 2. The minimum absolute atomic E-state index is 0.344. The van der Waals surface area contributed by atoms with Crippen molar-refractivity contribution in [3.63, 3.8) is 0 Å². The van der Waals surface area contributed by atoms with E-state index in [4.69, 9.17) is 0 Å². The van der Waals surface area contributed by atoms with Gasteiger partial charge in [0.15, 0.2) is 0 Å². The third-order valence-electron chi connectivity index (χ3n) is 5.31. The van der Waals surface area contributed by atoms with E-state index in [1.807, 2.05) is 0 Å². The number of likely N-dealkylation sites (tertiary alicyclic amines) is 2. The van der Waals surface area contributed by atoms with Gasteiger partial charge in [-0.05, 0) is 43.9 Å². The van der Waals surface area contributed by atoms with E-state index in [2.05, 4.69) is 16.7 Å². The fraction of sp³-hybridized carbons (Fsp3) is 0.933. The number of piperidine rings is 1. The second kappa shape index (κ2) is 5.10. The van der Waals surface area contributed by atoms with Gasteiger partial charge in [0, 0.05) is 25.7 Å². The standard InChI is InChI=1S/C15H26N2O/c1-12-6-9-16(10-7-12)15(18)17-11-8-13-4-2-3-5-14(13)17/h12-14H,2-11H2,1H3. The van der Waals surface area contributed by atoms with Crippen molar-refractivity contribution in [2.45, 2.75) is 57.9 Å². The van der Waals surface area contributed by atoms with Crippen LogP contribution in [0.25, 0.3) is 0 Å². The zero-order chi connectivity index (χ0) is 12.5. The quantitative estimate of drug-likeness (QED) is 0.648. The smallest absolute Gasteiger partial charge is 0.320 e. The van der Waals surface area contributed by atoms with Crippen LogP contribution in [0.15, 0.2) is 0 Å². The van der Waals surface area contributed by atoms with Crippen molar-refractivity contribution in [1.29, 1.82) is 0 Å². The Balaban J connectivity index is 1.62. The highest BCUT2D eigenvalue weighted by Gasteiger charge is 2.39. The summed E-state index contributed by atoms with van der Waals surface area (Å²) >= 11 is 0. The molecule has 3 nitrogen and oxygen atoms in total. The Morgan fingerprint density at radius 1 is 0.944 bits per heavy atom. The van der Waals surface area contributed by atoms with Crippen molar-refractivity contribution in [3.05, 3.63) is 0 Å². The van der Waals surface area contributed by atoms with Gasteiger partial charge in [0.05, 0.1) is 0 Å². The van der Waals surface area contributed by atoms with E-state index in [0.717, 1.165) is 31.5 Å². The maximum absolute atomic E-state index is 12.6. The van der Waals surface area contributed by atoms with Crippen molar-refractivity contribution in [3.8, 4) is 0 Å². The molecule has 3 aliphatic rings. The van der Waals surface area contributed by atoms with Crippen LogP contribution in [0, 0.1) is 11.8 Å². The molecule has 18 heavy (non-hydrogen) atoms.